The summed E-state index contributed by atoms with van der Waals surface area (Å²) in [5.74, 6) is 0.624. The van der Waals surface area contributed by atoms with E-state index < -0.39 is 6.03 Å². The van der Waals surface area contributed by atoms with Gasteiger partial charge in [-0.3, -0.25) is 5.43 Å². The van der Waals surface area contributed by atoms with Crippen molar-refractivity contribution >= 4 is 51.8 Å². The van der Waals surface area contributed by atoms with Crippen LogP contribution in [0, 0.1) is 6.92 Å². The van der Waals surface area contributed by atoms with Gasteiger partial charge < -0.3 is 5.73 Å². The van der Waals surface area contributed by atoms with E-state index in [2.05, 4.69) is 24.3 Å². The summed E-state index contributed by atoms with van der Waals surface area (Å²) in [6.07, 6.45) is 0. The summed E-state index contributed by atoms with van der Waals surface area (Å²) < 4.78 is 1.87. The number of amides is 2. The third-order valence-electron chi connectivity index (χ3n) is 5.16. The fourth-order valence-corrected chi connectivity index (χ4v) is 4.16. The number of aromatic nitrogens is 4. The molecule has 0 radical (unpaired) electrons. The van der Waals surface area contributed by atoms with Gasteiger partial charge in [-0.1, -0.05) is 67.4 Å². The minimum absolute atomic E-state index is 0.133. The van der Waals surface area contributed by atoms with Gasteiger partial charge in [-0.2, -0.15) is 5.10 Å². The Labute approximate surface area is 201 Å². The first-order chi connectivity index (χ1) is 15.7. The van der Waals surface area contributed by atoms with Crippen LogP contribution < -0.4 is 16.2 Å². The monoisotopic (exact) mass is 483 g/mol. The number of primary amides is 1. The van der Waals surface area contributed by atoms with E-state index >= 15 is 0 Å². The Bertz CT molecular complexity index is 1300. The van der Waals surface area contributed by atoms with Crippen molar-refractivity contribution < 1.29 is 4.79 Å². The third-order valence-corrected chi connectivity index (χ3v) is 5.54. The van der Waals surface area contributed by atoms with Crippen molar-refractivity contribution in [2.75, 3.05) is 10.4 Å². The van der Waals surface area contributed by atoms with Crippen LogP contribution in [0.1, 0.15) is 36.6 Å². The number of pyridine rings is 2. The molecule has 0 saturated heterocycles. The van der Waals surface area contributed by atoms with Crippen LogP contribution in [0.3, 0.4) is 0 Å². The second kappa shape index (κ2) is 9.25. The number of urea groups is 1. The topological polar surface area (TPSA) is 102 Å². The van der Waals surface area contributed by atoms with Crippen molar-refractivity contribution in [3.8, 4) is 0 Å². The van der Waals surface area contributed by atoms with E-state index in [4.69, 9.17) is 39.0 Å². The maximum atomic E-state index is 12.3. The minimum atomic E-state index is -0.754. The number of nitrogens with zero attached hydrogens (tertiary/aromatic N) is 5. The molecule has 0 aliphatic heterocycles. The second-order valence-electron chi connectivity index (χ2n) is 7.93. The Morgan fingerprint density at radius 3 is 2.39 bits per heavy atom. The zero-order valence-electron chi connectivity index (χ0n) is 18.4. The van der Waals surface area contributed by atoms with Gasteiger partial charge in [-0.25, -0.2) is 24.5 Å². The Hall–Kier alpha value is -3.36. The van der Waals surface area contributed by atoms with Gasteiger partial charge in [-0.15, -0.1) is 0 Å². The largest absolute Gasteiger partial charge is 0.350 e. The highest BCUT2D eigenvalue weighted by atomic mass is 35.5. The lowest BCUT2D eigenvalue weighted by Crippen LogP contribution is -2.40. The van der Waals surface area contributed by atoms with Crippen LogP contribution in [0.25, 0.3) is 11.0 Å². The van der Waals surface area contributed by atoms with Crippen molar-refractivity contribution in [1.82, 2.24) is 19.7 Å². The highest BCUT2D eigenvalue weighted by Gasteiger charge is 2.20. The number of anilines is 2. The molecule has 2 amide bonds. The normalized spacial score (nSPS) is 11.2. The zero-order chi connectivity index (χ0) is 23.7. The first-order valence-electron chi connectivity index (χ1n) is 10.3. The molecule has 0 saturated carbocycles. The summed E-state index contributed by atoms with van der Waals surface area (Å²) in [4.78, 5) is 21.0. The van der Waals surface area contributed by atoms with Gasteiger partial charge in [0, 0.05) is 17.5 Å². The Balaban J connectivity index is 1.81. The van der Waals surface area contributed by atoms with Crippen molar-refractivity contribution in [3.05, 3.63) is 75.7 Å². The molecular formula is C23H23Cl2N7O. The van der Waals surface area contributed by atoms with Gasteiger partial charge in [-0.05, 0) is 30.0 Å². The van der Waals surface area contributed by atoms with E-state index in [0.29, 0.717) is 23.7 Å². The number of aryl methyl sites for hydroxylation is 1. The number of carbonyl (C=O) groups excluding carboxylic acids is 1. The number of hydrogen-bond acceptors (Lipinski definition) is 5. The number of nitrogens with one attached hydrogen (secondary N) is 1. The standard InChI is InChI=1S/C23H23Cl2N7O/c1-13(2)17-11-20(30-32(23(26)33)16-9-18(24)27-19(25)10-16)28-22-21(17)14(3)29-31(22)12-15-7-5-4-6-8-15/h4-11,13H,12H2,1-3H3,(H2,26,33)(H,28,30). The van der Waals surface area contributed by atoms with Crippen LogP contribution >= 0.6 is 23.2 Å². The fraction of sp³-hybridized carbons (Fsp3) is 0.217. The molecule has 4 rings (SSSR count). The molecule has 10 heteroatoms. The lowest BCUT2D eigenvalue weighted by molar-refractivity contribution is 0.255. The van der Waals surface area contributed by atoms with Crippen LogP contribution in [-0.2, 0) is 6.54 Å². The molecule has 1 aromatic carbocycles. The molecule has 33 heavy (non-hydrogen) atoms. The van der Waals surface area contributed by atoms with Gasteiger partial charge in [0.2, 0.25) is 0 Å². The van der Waals surface area contributed by atoms with Crippen molar-refractivity contribution in [3.63, 3.8) is 0 Å². The molecule has 0 fully saturated rings. The first kappa shape index (κ1) is 22.8. The molecule has 170 valence electrons. The maximum Gasteiger partial charge on any atom is 0.338 e. The molecule has 0 bridgehead atoms. The third kappa shape index (κ3) is 4.86. The molecule has 0 unspecified atom stereocenters. The molecule has 0 aliphatic rings. The van der Waals surface area contributed by atoms with Crippen LogP contribution in [-0.4, -0.2) is 25.8 Å². The minimum Gasteiger partial charge on any atom is -0.350 e. The number of nitrogens with two attached hydrogens (primary N) is 1. The van der Waals surface area contributed by atoms with Crippen LogP contribution in [0.4, 0.5) is 16.3 Å². The number of carbonyl (C=O) groups is 1. The molecule has 0 spiro atoms. The molecule has 3 heterocycles. The van der Waals surface area contributed by atoms with E-state index in [1.54, 1.807) is 0 Å². The summed E-state index contributed by atoms with van der Waals surface area (Å²) in [6.45, 7) is 6.73. The average Bonchev–Trinajstić information content (AvgIpc) is 3.06. The van der Waals surface area contributed by atoms with Crippen molar-refractivity contribution in [2.24, 2.45) is 5.73 Å². The van der Waals surface area contributed by atoms with Crippen LogP contribution in [0.5, 0.6) is 0 Å². The lowest BCUT2D eigenvalue weighted by atomic mass is 10.00. The quantitative estimate of drug-likeness (QED) is 0.277. The van der Waals surface area contributed by atoms with Gasteiger partial charge in [0.15, 0.2) is 5.65 Å². The summed E-state index contributed by atoms with van der Waals surface area (Å²) in [5.41, 5.74) is 12.7. The van der Waals surface area contributed by atoms with Gasteiger partial charge in [0.05, 0.1) is 17.9 Å². The molecule has 4 aromatic rings. The van der Waals surface area contributed by atoms with Crippen molar-refractivity contribution in [2.45, 2.75) is 33.2 Å². The smallest absolute Gasteiger partial charge is 0.338 e. The van der Waals surface area contributed by atoms with Crippen molar-refractivity contribution in [1.29, 1.82) is 0 Å². The number of hydrogen-bond donors (Lipinski definition) is 2. The summed E-state index contributed by atoms with van der Waals surface area (Å²) in [7, 11) is 0. The highest BCUT2D eigenvalue weighted by Crippen LogP contribution is 2.31. The summed E-state index contributed by atoms with van der Waals surface area (Å²) >= 11 is 12.0. The SMILES string of the molecule is Cc1nn(Cc2ccccc2)c2nc(NN(C(N)=O)c3cc(Cl)nc(Cl)c3)cc(C(C)C)c12. The Morgan fingerprint density at radius 2 is 1.79 bits per heavy atom. The van der Waals surface area contributed by atoms with E-state index in [9.17, 15) is 4.79 Å². The lowest BCUT2D eigenvalue weighted by Gasteiger charge is -2.23. The predicted octanol–water partition coefficient (Wildman–Crippen LogP) is 5.53. The molecule has 0 aliphatic carbocycles. The summed E-state index contributed by atoms with van der Waals surface area (Å²) in [5, 5.41) is 7.13. The van der Waals surface area contributed by atoms with Crippen LogP contribution in [0.2, 0.25) is 10.3 Å². The zero-order valence-corrected chi connectivity index (χ0v) is 19.9. The first-order valence-corrected chi connectivity index (χ1v) is 11.1. The number of hydrazine groups is 1. The molecule has 3 aromatic heterocycles. The number of rotatable bonds is 6. The number of benzene rings is 1. The molecular weight excluding hydrogens is 461 g/mol. The molecule has 3 N–H and O–H groups in total. The van der Waals surface area contributed by atoms with Crippen LogP contribution in [0.15, 0.2) is 48.5 Å². The second-order valence-corrected chi connectivity index (χ2v) is 8.71. The Kier molecular flexibility index (Phi) is 6.40. The van der Waals surface area contributed by atoms with Gasteiger partial charge >= 0.3 is 6.03 Å². The van der Waals surface area contributed by atoms with E-state index in [-0.39, 0.29) is 16.2 Å². The Morgan fingerprint density at radius 1 is 1.12 bits per heavy atom. The predicted molar refractivity (Wildman–Crippen MR) is 132 cm³/mol. The number of fused-ring (bicyclic) bond motifs is 1. The van der Waals surface area contributed by atoms with Gasteiger partial charge in [0.25, 0.3) is 0 Å². The molecule has 8 nitrogen and oxygen atoms in total. The number of halogens is 2. The van der Waals surface area contributed by atoms with Gasteiger partial charge in [0.1, 0.15) is 16.1 Å². The highest BCUT2D eigenvalue weighted by molar-refractivity contribution is 6.33. The maximum absolute atomic E-state index is 12.3. The van der Waals surface area contributed by atoms with E-state index in [1.807, 2.05) is 48.0 Å². The average molecular weight is 484 g/mol. The van der Waals surface area contributed by atoms with E-state index in [1.165, 1.54) is 12.1 Å². The fourth-order valence-electron chi connectivity index (χ4n) is 3.71. The summed E-state index contributed by atoms with van der Waals surface area (Å²) in [6, 6.07) is 14.1. The van der Waals surface area contributed by atoms with E-state index in [0.717, 1.165) is 27.2 Å². The molecule has 0 atom stereocenters.